The molecule has 4 heterocycles. The first-order chi connectivity index (χ1) is 18.0. The van der Waals surface area contributed by atoms with Gasteiger partial charge in [-0.05, 0) is 62.9 Å². The molecule has 0 unspecified atom stereocenters. The number of aromatic nitrogens is 3. The number of carbonyl (C=O) groups excluding carboxylic acids is 2. The van der Waals surface area contributed by atoms with Crippen molar-refractivity contribution in [1.29, 1.82) is 0 Å². The van der Waals surface area contributed by atoms with E-state index in [1.165, 1.54) is 12.1 Å². The van der Waals surface area contributed by atoms with Crippen molar-refractivity contribution in [3.05, 3.63) is 54.2 Å². The standard InChI is InChI=1S/C28H35FN6O3/c1-16(2)23(33-27(37)38-28(3,4)5)25(36)34-12-9-22-24(34)20(15-35(22)26-30-10-6-11-31-26)19-14-32-21-13-17(29)7-8-18(19)21/h6-8,10-11,13-14,16,20,22-24,32H,9,12,15H2,1-5H3,(H,33,37)/t20-,22-,23+,24-/m1/s1. The molecule has 2 aliphatic heterocycles. The summed E-state index contributed by atoms with van der Waals surface area (Å²) in [6, 6.07) is 5.62. The summed E-state index contributed by atoms with van der Waals surface area (Å²) in [4.78, 5) is 42.9. The van der Waals surface area contributed by atoms with Crippen LogP contribution in [0.25, 0.3) is 10.9 Å². The number of nitrogens with zero attached hydrogens (tertiary/aromatic N) is 4. The Morgan fingerprint density at radius 3 is 2.63 bits per heavy atom. The molecule has 2 saturated heterocycles. The molecule has 38 heavy (non-hydrogen) atoms. The van der Waals surface area contributed by atoms with Gasteiger partial charge in [0.25, 0.3) is 0 Å². The lowest BCUT2D eigenvalue weighted by molar-refractivity contribution is -0.135. The number of benzene rings is 1. The number of amides is 2. The van der Waals surface area contributed by atoms with Gasteiger partial charge in [0.15, 0.2) is 0 Å². The number of aromatic amines is 1. The fourth-order valence-electron chi connectivity index (χ4n) is 5.84. The van der Waals surface area contributed by atoms with Crippen LogP contribution in [0.3, 0.4) is 0 Å². The van der Waals surface area contributed by atoms with Gasteiger partial charge in [-0.3, -0.25) is 4.79 Å². The largest absolute Gasteiger partial charge is 0.444 e. The highest BCUT2D eigenvalue weighted by Gasteiger charge is 2.53. The average Bonchev–Trinajstić information content (AvgIpc) is 3.55. The Balaban J connectivity index is 1.49. The molecule has 0 spiro atoms. The van der Waals surface area contributed by atoms with Crippen molar-refractivity contribution in [2.24, 2.45) is 5.92 Å². The Bertz CT molecular complexity index is 1320. The topological polar surface area (TPSA) is 103 Å². The molecule has 2 N–H and O–H groups in total. The van der Waals surface area contributed by atoms with Gasteiger partial charge in [-0.25, -0.2) is 19.2 Å². The van der Waals surface area contributed by atoms with E-state index in [0.717, 1.165) is 17.4 Å². The van der Waals surface area contributed by atoms with Crippen molar-refractivity contribution in [2.75, 3.05) is 18.0 Å². The van der Waals surface area contributed by atoms with Crippen LogP contribution in [0, 0.1) is 11.7 Å². The van der Waals surface area contributed by atoms with E-state index in [2.05, 4.69) is 25.2 Å². The molecule has 0 bridgehead atoms. The minimum Gasteiger partial charge on any atom is -0.444 e. The van der Waals surface area contributed by atoms with Crippen LogP contribution in [-0.4, -0.2) is 68.7 Å². The molecule has 10 heteroatoms. The highest BCUT2D eigenvalue weighted by atomic mass is 19.1. The van der Waals surface area contributed by atoms with Gasteiger partial charge < -0.3 is 24.8 Å². The maximum absolute atomic E-state index is 14.0. The number of alkyl carbamates (subject to hydrolysis) is 1. The highest BCUT2D eigenvalue weighted by Crippen LogP contribution is 2.44. The Morgan fingerprint density at radius 2 is 1.95 bits per heavy atom. The van der Waals surface area contributed by atoms with E-state index < -0.39 is 17.7 Å². The van der Waals surface area contributed by atoms with E-state index in [9.17, 15) is 14.0 Å². The van der Waals surface area contributed by atoms with Gasteiger partial charge in [0.05, 0.1) is 12.1 Å². The number of nitrogens with one attached hydrogen (secondary N) is 2. The van der Waals surface area contributed by atoms with E-state index in [0.29, 0.717) is 24.6 Å². The highest BCUT2D eigenvalue weighted by molar-refractivity contribution is 5.88. The Labute approximate surface area is 221 Å². The van der Waals surface area contributed by atoms with Crippen LogP contribution in [0.1, 0.15) is 52.5 Å². The SMILES string of the molecule is CC(C)[C@H](NC(=O)OC(C)(C)C)C(=O)N1CC[C@@H]2[C@H]1[C@@H](c1c[nH]c3cc(F)ccc13)CN2c1ncccn1. The number of fused-ring (bicyclic) bond motifs is 2. The Morgan fingerprint density at radius 1 is 1.21 bits per heavy atom. The molecule has 0 saturated carbocycles. The summed E-state index contributed by atoms with van der Waals surface area (Å²) in [6.07, 6.45) is 5.49. The van der Waals surface area contributed by atoms with Crippen LogP contribution in [0.15, 0.2) is 42.9 Å². The van der Waals surface area contributed by atoms with Crippen LogP contribution < -0.4 is 10.2 Å². The predicted octanol–water partition coefficient (Wildman–Crippen LogP) is 4.22. The van der Waals surface area contributed by atoms with Crippen LogP contribution in [0.5, 0.6) is 0 Å². The van der Waals surface area contributed by atoms with Gasteiger partial charge in [0.2, 0.25) is 11.9 Å². The van der Waals surface area contributed by atoms with Crippen molar-refractivity contribution in [1.82, 2.24) is 25.2 Å². The minimum atomic E-state index is -0.733. The lowest BCUT2D eigenvalue weighted by Gasteiger charge is -2.33. The molecular formula is C28H35FN6O3. The minimum absolute atomic E-state index is 0.00564. The van der Waals surface area contributed by atoms with E-state index in [-0.39, 0.29) is 35.6 Å². The lowest BCUT2D eigenvalue weighted by Crippen LogP contribution is -2.54. The number of ether oxygens (including phenoxy) is 1. The fraction of sp³-hybridized carbons (Fsp3) is 0.500. The van der Waals surface area contributed by atoms with Crippen LogP contribution in [0.2, 0.25) is 0 Å². The van der Waals surface area contributed by atoms with Gasteiger partial charge >= 0.3 is 6.09 Å². The molecule has 5 rings (SSSR count). The first-order valence-electron chi connectivity index (χ1n) is 13.1. The quantitative estimate of drug-likeness (QED) is 0.520. The van der Waals surface area contributed by atoms with Crippen molar-refractivity contribution in [3.63, 3.8) is 0 Å². The monoisotopic (exact) mass is 522 g/mol. The molecule has 1 aromatic carbocycles. The Hall–Kier alpha value is -3.69. The van der Waals surface area contributed by atoms with E-state index in [1.54, 1.807) is 45.3 Å². The molecule has 0 aliphatic carbocycles. The molecular weight excluding hydrogens is 487 g/mol. The third kappa shape index (κ3) is 4.91. The molecule has 2 amide bonds. The van der Waals surface area contributed by atoms with Crippen molar-refractivity contribution < 1.29 is 18.7 Å². The smallest absolute Gasteiger partial charge is 0.408 e. The number of H-pyrrole nitrogens is 1. The van der Waals surface area contributed by atoms with Gasteiger partial charge in [0.1, 0.15) is 17.5 Å². The molecule has 2 aliphatic rings. The maximum Gasteiger partial charge on any atom is 0.408 e. The Kier molecular flexibility index (Phi) is 6.75. The van der Waals surface area contributed by atoms with E-state index in [4.69, 9.17) is 4.74 Å². The zero-order chi connectivity index (χ0) is 27.2. The van der Waals surface area contributed by atoms with E-state index >= 15 is 0 Å². The zero-order valence-electron chi connectivity index (χ0n) is 22.4. The van der Waals surface area contributed by atoms with Crippen LogP contribution >= 0.6 is 0 Å². The first kappa shape index (κ1) is 25.9. The van der Waals surface area contributed by atoms with Gasteiger partial charge in [-0.1, -0.05) is 13.8 Å². The summed E-state index contributed by atoms with van der Waals surface area (Å²) >= 11 is 0. The first-order valence-corrected chi connectivity index (χ1v) is 13.1. The molecule has 4 atom stereocenters. The normalized spacial score (nSPS) is 22.1. The summed E-state index contributed by atoms with van der Waals surface area (Å²) < 4.78 is 19.4. The van der Waals surface area contributed by atoms with E-state index in [1.807, 2.05) is 24.9 Å². The van der Waals surface area contributed by atoms with Gasteiger partial charge in [-0.15, -0.1) is 0 Å². The van der Waals surface area contributed by atoms with Crippen LogP contribution in [0.4, 0.5) is 15.1 Å². The summed E-state index contributed by atoms with van der Waals surface area (Å²) in [5.41, 5.74) is 1.07. The number of carbonyl (C=O) groups is 2. The second-order valence-electron chi connectivity index (χ2n) is 11.5. The molecule has 9 nitrogen and oxygen atoms in total. The number of anilines is 1. The predicted molar refractivity (Wildman–Crippen MR) is 142 cm³/mol. The second kappa shape index (κ2) is 9.89. The fourth-order valence-corrected chi connectivity index (χ4v) is 5.84. The number of likely N-dealkylation sites (tertiary alicyclic amines) is 1. The summed E-state index contributed by atoms with van der Waals surface area (Å²) in [7, 11) is 0. The lowest BCUT2D eigenvalue weighted by atomic mass is 9.90. The van der Waals surface area contributed by atoms with Crippen molar-refractivity contribution in [3.8, 4) is 0 Å². The number of hydrogen-bond donors (Lipinski definition) is 2. The third-order valence-corrected chi connectivity index (χ3v) is 7.40. The second-order valence-corrected chi connectivity index (χ2v) is 11.5. The zero-order valence-corrected chi connectivity index (χ0v) is 22.4. The maximum atomic E-state index is 14.0. The van der Waals surface area contributed by atoms with Gasteiger partial charge in [0, 0.05) is 48.5 Å². The molecule has 202 valence electrons. The molecule has 2 aromatic heterocycles. The van der Waals surface area contributed by atoms with Crippen molar-refractivity contribution in [2.45, 2.75) is 70.7 Å². The molecule has 2 fully saturated rings. The molecule has 3 aromatic rings. The van der Waals surface area contributed by atoms with Gasteiger partial charge in [-0.2, -0.15) is 0 Å². The number of halogens is 1. The summed E-state index contributed by atoms with van der Waals surface area (Å²) in [6.45, 7) is 10.4. The number of hydrogen-bond acceptors (Lipinski definition) is 6. The average molecular weight is 523 g/mol. The number of rotatable bonds is 5. The molecule has 0 radical (unpaired) electrons. The van der Waals surface area contributed by atoms with Crippen LogP contribution in [-0.2, 0) is 9.53 Å². The summed E-state index contributed by atoms with van der Waals surface area (Å²) in [5, 5.41) is 3.75. The summed E-state index contributed by atoms with van der Waals surface area (Å²) in [5.74, 6) is -0.0231. The van der Waals surface area contributed by atoms with Crippen molar-refractivity contribution >= 4 is 28.9 Å². The third-order valence-electron chi connectivity index (χ3n) is 7.40.